The van der Waals surface area contributed by atoms with Gasteiger partial charge in [0.25, 0.3) is 0 Å². The van der Waals surface area contributed by atoms with Crippen LogP contribution in [-0.2, 0) is 11.3 Å². The summed E-state index contributed by atoms with van der Waals surface area (Å²) in [5.74, 6) is 0.129. The molecule has 18 heavy (non-hydrogen) atoms. The standard InChI is InChI=1S/C10H12N6OS/c1-6(2)9-7(4-11)12-15-16(9)10-14-13-8(18-10)5-17-3/h6H,5H2,1-3H3. The third-order valence-electron chi connectivity index (χ3n) is 2.26. The highest BCUT2D eigenvalue weighted by Gasteiger charge is 2.19. The first kappa shape index (κ1) is 12.6. The van der Waals surface area contributed by atoms with Crippen molar-refractivity contribution >= 4 is 11.3 Å². The summed E-state index contributed by atoms with van der Waals surface area (Å²) in [6.45, 7) is 4.37. The molecule has 0 aliphatic heterocycles. The number of nitriles is 1. The molecule has 2 aromatic rings. The highest BCUT2D eigenvalue weighted by Crippen LogP contribution is 2.23. The Morgan fingerprint density at radius 3 is 2.78 bits per heavy atom. The zero-order chi connectivity index (χ0) is 13.1. The van der Waals surface area contributed by atoms with Crippen LogP contribution in [0.3, 0.4) is 0 Å². The predicted octanol–water partition coefficient (Wildman–Crippen LogP) is 1.26. The summed E-state index contributed by atoms with van der Waals surface area (Å²) in [5, 5.41) is 26.2. The average molecular weight is 264 g/mol. The molecule has 0 saturated heterocycles. The molecule has 0 amide bonds. The summed E-state index contributed by atoms with van der Waals surface area (Å²) in [4.78, 5) is 0. The first-order chi connectivity index (χ1) is 8.67. The van der Waals surface area contributed by atoms with E-state index in [2.05, 4.69) is 20.5 Å². The van der Waals surface area contributed by atoms with E-state index in [9.17, 15) is 0 Å². The SMILES string of the molecule is COCc1nnc(-n2nnc(C#N)c2C(C)C)s1. The first-order valence-corrected chi connectivity index (χ1v) is 6.16. The third kappa shape index (κ3) is 2.23. The minimum atomic E-state index is 0.129. The van der Waals surface area contributed by atoms with E-state index in [0.717, 1.165) is 10.7 Å². The molecule has 0 radical (unpaired) electrons. The number of nitrogens with zero attached hydrogens (tertiary/aromatic N) is 6. The van der Waals surface area contributed by atoms with Gasteiger partial charge < -0.3 is 4.74 Å². The Morgan fingerprint density at radius 2 is 2.17 bits per heavy atom. The summed E-state index contributed by atoms with van der Waals surface area (Å²) in [6.07, 6.45) is 0. The summed E-state index contributed by atoms with van der Waals surface area (Å²) in [5.41, 5.74) is 1.08. The number of aromatic nitrogens is 5. The Kier molecular flexibility index (Phi) is 3.64. The maximum absolute atomic E-state index is 9.00. The highest BCUT2D eigenvalue weighted by molar-refractivity contribution is 7.13. The molecule has 0 spiro atoms. The maximum atomic E-state index is 9.00. The molecule has 0 saturated carbocycles. The Bertz CT molecular complexity index is 581. The van der Waals surface area contributed by atoms with Crippen molar-refractivity contribution in [2.24, 2.45) is 0 Å². The lowest BCUT2D eigenvalue weighted by Gasteiger charge is -2.05. The van der Waals surface area contributed by atoms with Crippen LogP contribution in [0.15, 0.2) is 0 Å². The fraction of sp³-hybridized carbons (Fsp3) is 0.500. The van der Waals surface area contributed by atoms with Gasteiger partial charge >= 0.3 is 0 Å². The summed E-state index contributed by atoms with van der Waals surface area (Å²) < 4.78 is 6.56. The molecule has 8 heteroatoms. The smallest absolute Gasteiger partial charge is 0.234 e. The van der Waals surface area contributed by atoms with E-state index in [1.807, 2.05) is 19.9 Å². The van der Waals surface area contributed by atoms with Gasteiger partial charge in [0.2, 0.25) is 5.13 Å². The lowest BCUT2D eigenvalue weighted by molar-refractivity contribution is 0.184. The summed E-state index contributed by atoms with van der Waals surface area (Å²) >= 11 is 1.37. The third-order valence-corrected chi connectivity index (χ3v) is 3.14. The normalized spacial score (nSPS) is 10.8. The van der Waals surface area contributed by atoms with Gasteiger partial charge in [0.15, 0.2) is 5.69 Å². The minimum absolute atomic E-state index is 0.129. The van der Waals surface area contributed by atoms with Gasteiger partial charge in [-0.2, -0.15) is 9.94 Å². The lowest BCUT2D eigenvalue weighted by atomic mass is 10.1. The van der Waals surface area contributed by atoms with Crippen molar-refractivity contribution in [2.75, 3.05) is 7.11 Å². The van der Waals surface area contributed by atoms with Gasteiger partial charge in [0.1, 0.15) is 17.7 Å². The molecule has 0 atom stereocenters. The van der Waals surface area contributed by atoms with Gasteiger partial charge in [0.05, 0.1) is 5.69 Å². The van der Waals surface area contributed by atoms with Gasteiger partial charge in [-0.05, 0) is 5.92 Å². The second kappa shape index (κ2) is 5.20. The van der Waals surface area contributed by atoms with Gasteiger partial charge in [-0.15, -0.1) is 15.3 Å². The molecule has 0 unspecified atom stereocenters. The Labute approximate surface area is 108 Å². The van der Waals surface area contributed by atoms with Crippen molar-refractivity contribution in [3.05, 3.63) is 16.4 Å². The lowest BCUT2D eigenvalue weighted by Crippen LogP contribution is -2.04. The van der Waals surface area contributed by atoms with Crippen molar-refractivity contribution < 1.29 is 4.74 Å². The molecule has 0 fully saturated rings. The molecule has 94 valence electrons. The number of hydrogen-bond acceptors (Lipinski definition) is 7. The molecule has 2 heterocycles. The number of ether oxygens (including phenoxy) is 1. The minimum Gasteiger partial charge on any atom is -0.377 e. The molecular weight excluding hydrogens is 252 g/mol. The van der Waals surface area contributed by atoms with Crippen LogP contribution in [0, 0.1) is 11.3 Å². The van der Waals surface area contributed by atoms with Crippen LogP contribution >= 0.6 is 11.3 Å². The Hall–Kier alpha value is -1.85. The van der Waals surface area contributed by atoms with E-state index in [-0.39, 0.29) is 5.92 Å². The van der Waals surface area contributed by atoms with Crippen LogP contribution in [-0.4, -0.2) is 32.3 Å². The molecule has 0 aromatic carbocycles. The molecule has 7 nitrogen and oxygen atoms in total. The maximum Gasteiger partial charge on any atom is 0.234 e. The molecule has 0 aliphatic rings. The Balaban J connectivity index is 2.44. The van der Waals surface area contributed by atoms with Gasteiger partial charge in [0, 0.05) is 7.11 Å². The summed E-state index contributed by atoms with van der Waals surface area (Å²) in [6, 6.07) is 2.04. The highest BCUT2D eigenvalue weighted by atomic mass is 32.1. The number of rotatable bonds is 4. The second-order valence-corrected chi connectivity index (χ2v) is 4.95. The van der Waals surface area contributed by atoms with E-state index in [1.54, 1.807) is 11.8 Å². The molecule has 2 aromatic heterocycles. The number of hydrogen-bond donors (Lipinski definition) is 0. The van der Waals surface area contributed by atoms with Crippen LogP contribution in [0.5, 0.6) is 0 Å². The second-order valence-electron chi connectivity index (χ2n) is 3.91. The summed E-state index contributed by atoms with van der Waals surface area (Å²) in [7, 11) is 1.60. The fourth-order valence-corrected chi connectivity index (χ4v) is 2.31. The molecule has 0 N–H and O–H groups in total. The van der Waals surface area contributed by atoms with Crippen LogP contribution < -0.4 is 0 Å². The molecule has 0 bridgehead atoms. The van der Waals surface area contributed by atoms with Crippen molar-refractivity contribution in [2.45, 2.75) is 26.4 Å². The van der Waals surface area contributed by atoms with Crippen molar-refractivity contribution in [1.29, 1.82) is 5.26 Å². The topological polar surface area (TPSA) is 89.5 Å². The monoisotopic (exact) mass is 264 g/mol. The number of methoxy groups -OCH3 is 1. The fourth-order valence-electron chi connectivity index (χ4n) is 1.54. The van der Waals surface area contributed by atoms with Crippen molar-refractivity contribution in [1.82, 2.24) is 25.2 Å². The first-order valence-electron chi connectivity index (χ1n) is 5.34. The molecular formula is C10H12N6OS. The zero-order valence-corrected chi connectivity index (χ0v) is 11.1. The quantitative estimate of drug-likeness (QED) is 0.825. The van der Waals surface area contributed by atoms with Crippen molar-refractivity contribution in [3.8, 4) is 11.2 Å². The van der Waals surface area contributed by atoms with Crippen LogP contribution in [0.2, 0.25) is 0 Å². The average Bonchev–Trinajstić information content (AvgIpc) is 2.94. The largest absolute Gasteiger partial charge is 0.377 e. The van der Waals surface area contributed by atoms with E-state index in [0.29, 0.717) is 17.4 Å². The molecule has 0 aliphatic carbocycles. The zero-order valence-electron chi connectivity index (χ0n) is 10.3. The van der Waals surface area contributed by atoms with Gasteiger partial charge in [-0.3, -0.25) is 0 Å². The van der Waals surface area contributed by atoms with Crippen molar-refractivity contribution in [3.63, 3.8) is 0 Å². The van der Waals surface area contributed by atoms with E-state index >= 15 is 0 Å². The van der Waals surface area contributed by atoms with Crippen LogP contribution in [0.25, 0.3) is 5.13 Å². The van der Waals surface area contributed by atoms with Gasteiger partial charge in [-0.25, -0.2) is 0 Å². The van der Waals surface area contributed by atoms with Crippen LogP contribution in [0.1, 0.15) is 36.2 Å². The Morgan fingerprint density at radius 1 is 1.39 bits per heavy atom. The van der Waals surface area contributed by atoms with E-state index < -0.39 is 0 Å². The predicted molar refractivity (Wildman–Crippen MR) is 64.3 cm³/mol. The van der Waals surface area contributed by atoms with E-state index in [1.165, 1.54) is 11.3 Å². The van der Waals surface area contributed by atoms with Gasteiger partial charge in [-0.1, -0.05) is 30.4 Å². The molecule has 2 rings (SSSR count). The van der Waals surface area contributed by atoms with E-state index in [4.69, 9.17) is 10.00 Å². The van der Waals surface area contributed by atoms with Crippen LogP contribution in [0.4, 0.5) is 0 Å².